The van der Waals surface area contributed by atoms with Crippen LogP contribution in [-0.2, 0) is 14.3 Å². The van der Waals surface area contributed by atoms with Gasteiger partial charge in [0.1, 0.15) is 5.60 Å². The molecule has 7 rings (SSSR count). The Balaban J connectivity index is 1.33. The molecule has 7 aliphatic rings. The lowest BCUT2D eigenvalue weighted by Crippen LogP contribution is -2.57. The Morgan fingerprint density at radius 1 is 1.00 bits per heavy atom. The van der Waals surface area contributed by atoms with E-state index < -0.39 is 0 Å². The van der Waals surface area contributed by atoms with Crippen molar-refractivity contribution in [1.82, 2.24) is 0 Å². The van der Waals surface area contributed by atoms with E-state index in [1.54, 1.807) is 0 Å². The molecule has 144 valence electrons. The van der Waals surface area contributed by atoms with Crippen LogP contribution in [0.25, 0.3) is 0 Å². The van der Waals surface area contributed by atoms with E-state index in [0.29, 0.717) is 24.0 Å². The summed E-state index contributed by atoms with van der Waals surface area (Å²) >= 11 is 0. The van der Waals surface area contributed by atoms with Gasteiger partial charge in [-0.1, -0.05) is 19.4 Å². The van der Waals surface area contributed by atoms with E-state index in [-0.39, 0.29) is 22.4 Å². The Kier molecular flexibility index (Phi) is 2.56. The summed E-state index contributed by atoms with van der Waals surface area (Å²) in [5.74, 6) is 5.65. The minimum absolute atomic E-state index is 0.0561. The van der Waals surface area contributed by atoms with Crippen molar-refractivity contribution in [2.75, 3.05) is 0 Å². The quantitative estimate of drug-likeness (QED) is 0.600. The van der Waals surface area contributed by atoms with E-state index in [4.69, 9.17) is 4.74 Å². The molecular formula is C24H30O3. The zero-order chi connectivity index (χ0) is 18.3. The van der Waals surface area contributed by atoms with Gasteiger partial charge in [-0.25, -0.2) is 0 Å². The van der Waals surface area contributed by atoms with Gasteiger partial charge in [-0.15, -0.1) is 0 Å². The van der Waals surface area contributed by atoms with E-state index in [1.165, 1.54) is 31.3 Å². The Morgan fingerprint density at radius 3 is 2.63 bits per heavy atom. The van der Waals surface area contributed by atoms with Crippen molar-refractivity contribution < 1.29 is 14.3 Å². The van der Waals surface area contributed by atoms with Crippen molar-refractivity contribution >= 4 is 11.8 Å². The van der Waals surface area contributed by atoms with Crippen LogP contribution in [0.4, 0.5) is 0 Å². The molecule has 0 aromatic heterocycles. The summed E-state index contributed by atoms with van der Waals surface area (Å²) in [4.78, 5) is 24.3. The lowest BCUT2D eigenvalue weighted by atomic mass is 9.45. The van der Waals surface area contributed by atoms with E-state index in [9.17, 15) is 9.59 Å². The molecule has 6 fully saturated rings. The molecule has 0 aromatic rings. The number of ether oxygens (including phenoxy) is 1. The third kappa shape index (κ3) is 1.58. The molecule has 1 saturated heterocycles. The fourth-order valence-electron chi connectivity index (χ4n) is 9.74. The average Bonchev–Trinajstić information content (AvgIpc) is 3.53. The number of ketones is 1. The van der Waals surface area contributed by atoms with Crippen LogP contribution in [0.1, 0.15) is 65.2 Å². The molecule has 5 saturated carbocycles. The number of fused-ring (bicyclic) bond motifs is 12. The smallest absolute Gasteiger partial charge is 0.306 e. The molecule has 10 atom stereocenters. The normalized spacial score (nSPS) is 62.0. The van der Waals surface area contributed by atoms with E-state index in [1.807, 2.05) is 0 Å². The second-order valence-corrected chi connectivity index (χ2v) is 11.5. The largest absolute Gasteiger partial charge is 0.458 e. The SMILES string of the molecule is C[C@]12CCC(=O)C=C1[C@@H]1C[C@H]1[C@H]1[C@@H]3[C@@H]4C[C@H]4[C@@]4(CCC(=O)O4)[C@@]3(C)CC[C@@H]12. The lowest BCUT2D eigenvalue weighted by Gasteiger charge is -2.60. The number of rotatable bonds is 0. The second-order valence-electron chi connectivity index (χ2n) is 11.5. The lowest BCUT2D eigenvalue weighted by molar-refractivity contribution is -0.177. The first-order valence-corrected chi connectivity index (χ1v) is 11.4. The van der Waals surface area contributed by atoms with Crippen LogP contribution >= 0.6 is 0 Å². The molecule has 3 heteroatoms. The van der Waals surface area contributed by atoms with Gasteiger partial charge in [0.25, 0.3) is 0 Å². The standard InChI is InChI=1S/C24H30O3/c1-22-6-3-12(25)9-17(22)13-10-14(13)20-16(22)4-7-23(2)21(20)15-11-18(15)24(23)8-5-19(26)27-24/h9,13-16,18,20-21H,3-8,10-11H2,1-2H3/t13-,14-,15-,16+,18-,20-,21+,22-,23+,24+/m1/s1. The number of allylic oxidation sites excluding steroid dienone is 1. The van der Waals surface area contributed by atoms with Crippen LogP contribution in [0.5, 0.6) is 0 Å². The van der Waals surface area contributed by atoms with Crippen molar-refractivity contribution in [3.8, 4) is 0 Å². The Bertz CT molecular complexity index is 827. The number of carbonyl (C=O) groups is 2. The van der Waals surface area contributed by atoms with Gasteiger partial charge in [-0.2, -0.15) is 0 Å². The molecule has 1 spiro atoms. The van der Waals surface area contributed by atoms with Crippen LogP contribution in [0.15, 0.2) is 11.6 Å². The number of esters is 1. The van der Waals surface area contributed by atoms with Crippen molar-refractivity contribution in [3.05, 3.63) is 11.6 Å². The predicted octanol–water partition coefficient (Wildman–Crippen LogP) is 4.31. The fraction of sp³-hybridized carbons (Fsp3) is 0.833. The predicted molar refractivity (Wildman–Crippen MR) is 99.5 cm³/mol. The van der Waals surface area contributed by atoms with Crippen LogP contribution in [-0.4, -0.2) is 17.4 Å². The van der Waals surface area contributed by atoms with Gasteiger partial charge in [0, 0.05) is 24.2 Å². The van der Waals surface area contributed by atoms with Crippen molar-refractivity contribution in [2.45, 2.75) is 70.8 Å². The third-order valence-electron chi connectivity index (χ3n) is 10.9. The van der Waals surface area contributed by atoms with Gasteiger partial charge >= 0.3 is 5.97 Å². The summed E-state index contributed by atoms with van der Waals surface area (Å²) in [7, 11) is 0. The van der Waals surface area contributed by atoms with Crippen molar-refractivity contribution in [2.24, 2.45) is 52.3 Å². The summed E-state index contributed by atoms with van der Waals surface area (Å²) in [6.07, 6.45) is 10.6. The summed E-state index contributed by atoms with van der Waals surface area (Å²) in [6.45, 7) is 4.99. The van der Waals surface area contributed by atoms with Crippen LogP contribution in [0, 0.1) is 52.3 Å². The summed E-state index contributed by atoms with van der Waals surface area (Å²) < 4.78 is 6.22. The highest BCUT2D eigenvalue weighted by Gasteiger charge is 2.81. The van der Waals surface area contributed by atoms with Crippen LogP contribution in [0.2, 0.25) is 0 Å². The van der Waals surface area contributed by atoms with Gasteiger partial charge in [0.15, 0.2) is 5.78 Å². The molecule has 0 unspecified atom stereocenters. The first-order valence-electron chi connectivity index (χ1n) is 11.4. The maximum atomic E-state index is 12.2. The number of hydrogen-bond acceptors (Lipinski definition) is 3. The summed E-state index contributed by atoms with van der Waals surface area (Å²) in [6, 6.07) is 0. The van der Waals surface area contributed by atoms with E-state index in [2.05, 4.69) is 19.9 Å². The first-order chi connectivity index (χ1) is 12.9. The average molecular weight is 367 g/mol. The summed E-state index contributed by atoms with van der Waals surface area (Å²) in [5, 5.41) is 0. The van der Waals surface area contributed by atoms with Crippen LogP contribution < -0.4 is 0 Å². The Labute approximate surface area is 161 Å². The molecule has 27 heavy (non-hydrogen) atoms. The molecule has 0 amide bonds. The maximum Gasteiger partial charge on any atom is 0.306 e. The van der Waals surface area contributed by atoms with E-state index >= 15 is 0 Å². The molecular weight excluding hydrogens is 336 g/mol. The molecule has 0 radical (unpaired) electrons. The molecule has 0 bridgehead atoms. The molecule has 0 aromatic carbocycles. The maximum absolute atomic E-state index is 12.2. The Hall–Kier alpha value is -1.12. The highest BCUT2D eigenvalue weighted by molar-refractivity contribution is 5.92. The second kappa shape index (κ2) is 4.39. The molecule has 0 N–H and O–H groups in total. The fourth-order valence-corrected chi connectivity index (χ4v) is 9.74. The monoisotopic (exact) mass is 366 g/mol. The molecule has 6 aliphatic carbocycles. The van der Waals surface area contributed by atoms with Gasteiger partial charge in [-0.05, 0) is 85.5 Å². The minimum Gasteiger partial charge on any atom is -0.458 e. The zero-order valence-electron chi connectivity index (χ0n) is 16.5. The highest BCUT2D eigenvalue weighted by Crippen LogP contribution is 2.82. The molecule has 1 heterocycles. The van der Waals surface area contributed by atoms with Gasteiger partial charge in [0.05, 0.1) is 0 Å². The van der Waals surface area contributed by atoms with Gasteiger partial charge < -0.3 is 4.74 Å². The molecule has 1 aliphatic heterocycles. The van der Waals surface area contributed by atoms with Crippen LogP contribution in [0.3, 0.4) is 0 Å². The van der Waals surface area contributed by atoms with Crippen molar-refractivity contribution in [1.29, 1.82) is 0 Å². The highest BCUT2D eigenvalue weighted by atomic mass is 16.6. The minimum atomic E-state index is -0.131. The van der Waals surface area contributed by atoms with E-state index in [0.717, 1.165) is 48.9 Å². The number of carbonyl (C=O) groups excluding carboxylic acids is 2. The Morgan fingerprint density at radius 2 is 1.85 bits per heavy atom. The topological polar surface area (TPSA) is 43.4 Å². The number of hydrogen-bond donors (Lipinski definition) is 0. The van der Waals surface area contributed by atoms with Gasteiger partial charge in [0.2, 0.25) is 0 Å². The van der Waals surface area contributed by atoms with Gasteiger partial charge in [-0.3, -0.25) is 9.59 Å². The zero-order valence-corrected chi connectivity index (χ0v) is 16.5. The van der Waals surface area contributed by atoms with Crippen molar-refractivity contribution in [3.63, 3.8) is 0 Å². The summed E-state index contributed by atoms with van der Waals surface area (Å²) in [5.41, 5.74) is 1.85. The third-order valence-corrected chi connectivity index (χ3v) is 10.9. The first kappa shape index (κ1) is 15.8. The molecule has 3 nitrogen and oxygen atoms in total.